The first-order valence-corrected chi connectivity index (χ1v) is 7.43. The van der Waals surface area contributed by atoms with Crippen LogP contribution in [-0.4, -0.2) is 30.9 Å². The Hall–Kier alpha value is -1.06. The smallest absolute Gasteiger partial charge is 0.123 e. The summed E-state index contributed by atoms with van der Waals surface area (Å²) in [5.41, 5.74) is 2.67. The van der Waals surface area contributed by atoms with E-state index in [1.807, 2.05) is 0 Å². The molecule has 4 rings (SSSR count). The average Bonchev–Trinajstić information content (AvgIpc) is 3.09. The molecule has 0 aromatic heterocycles. The minimum Gasteiger partial charge on any atom is -0.488 e. The molecule has 0 aliphatic carbocycles. The van der Waals surface area contributed by atoms with E-state index in [9.17, 15) is 0 Å². The Morgan fingerprint density at radius 1 is 1.32 bits per heavy atom. The van der Waals surface area contributed by atoms with Gasteiger partial charge in [0.2, 0.25) is 0 Å². The van der Waals surface area contributed by atoms with Gasteiger partial charge in [-0.3, -0.25) is 0 Å². The summed E-state index contributed by atoms with van der Waals surface area (Å²) >= 11 is 0. The molecule has 2 bridgehead atoms. The molecule has 0 radical (unpaired) electrons. The molecule has 102 valence electrons. The Labute approximate surface area is 114 Å². The maximum atomic E-state index is 6.00. The molecule has 4 atom stereocenters. The summed E-state index contributed by atoms with van der Waals surface area (Å²) in [5, 5.41) is 3.65. The van der Waals surface area contributed by atoms with Gasteiger partial charge in [0.05, 0.1) is 12.2 Å². The van der Waals surface area contributed by atoms with Gasteiger partial charge < -0.3 is 14.8 Å². The van der Waals surface area contributed by atoms with Gasteiger partial charge in [-0.1, -0.05) is 17.7 Å². The first kappa shape index (κ1) is 11.7. The maximum Gasteiger partial charge on any atom is 0.123 e. The number of ether oxygens (including phenoxy) is 2. The number of hydrogen-bond acceptors (Lipinski definition) is 3. The van der Waals surface area contributed by atoms with Gasteiger partial charge in [0.25, 0.3) is 0 Å². The standard InChI is InChI=1S/C16H21NO2/c1-10-2-4-15-11(6-10)7-13(19-15)9-17-14-8-12-3-5-16(14)18-12/h2,4,6,12-14,16-17H,3,5,7-9H2,1H3. The quantitative estimate of drug-likeness (QED) is 0.902. The van der Waals surface area contributed by atoms with E-state index in [0.717, 1.165) is 18.7 Å². The molecule has 2 fully saturated rings. The molecule has 3 heterocycles. The van der Waals surface area contributed by atoms with Gasteiger partial charge in [0.1, 0.15) is 11.9 Å². The van der Waals surface area contributed by atoms with Crippen LogP contribution in [0.15, 0.2) is 18.2 Å². The number of rotatable bonds is 3. The largest absolute Gasteiger partial charge is 0.488 e. The second-order valence-corrected chi connectivity index (χ2v) is 6.18. The minimum atomic E-state index is 0.288. The highest BCUT2D eigenvalue weighted by Gasteiger charge is 2.40. The molecule has 1 aromatic carbocycles. The third-order valence-electron chi connectivity index (χ3n) is 4.67. The van der Waals surface area contributed by atoms with E-state index in [2.05, 4.69) is 30.4 Å². The summed E-state index contributed by atoms with van der Waals surface area (Å²) in [6.45, 7) is 3.07. The Kier molecular flexibility index (Phi) is 2.78. The highest BCUT2D eigenvalue weighted by molar-refractivity contribution is 5.40. The lowest BCUT2D eigenvalue weighted by atomic mass is 9.95. The number of aryl methyl sites for hydroxylation is 1. The molecule has 0 saturated carbocycles. The first-order chi connectivity index (χ1) is 9.28. The first-order valence-electron chi connectivity index (χ1n) is 7.43. The van der Waals surface area contributed by atoms with Crippen LogP contribution < -0.4 is 10.1 Å². The van der Waals surface area contributed by atoms with Crippen molar-refractivity contribution < 1.29 is 9.47 Å². The van der Waals surface area contributed by atoms with Crippen LogP contribution in [0.2, 0.25) is 0 Å². The van der Waals surface area contributed by atoms with E-state index in [0.29, 0.717) is 18.2 Å². The van der Waals surface area contributed by atoms with E-state index in [-0.39, 0.29) is 6.10 Å². The number of benzene rings is 1. The SMILES string of the molecule is Cc1ccc2c(c1)CC(CNC1CC3CCC1O3)O2. The van der Waals surface area contributed by atoms with Crippen LogP contribution in [0.1, 0.15) is 30.4 Å². The third-order valence-corrected chi connectivity index (χ3v) is 4.67. The Morgan fingerprint density at radius 3 is 3.05 bits per heavy atom. The van der Waals surface area contributed by atoms with Gasteiger partial charge in [-0.2, -0.15) is 0 Å². The Bertz CT molecular complexity index is 488. The molecule has 1 N–H and O–H groups in total. The van der Waals surface area contributed by atoms with Crippen LogP contribution >= 0.6 is 0 Å². The molecule has 3 aliphatic heterocycles. The lowest BCUT2D eigenvalue weighted by Gasteiger charge is -2.22. The predicted octanol–water partition coefficient (Wildman–Crippen LogP) is 2.21. The van der Waals surface area contributed by atoms with Gasteiger partial charge in [0.15, 0.2) is 0 Å². The number of hydrogen-bond donors (Lipinski definition) is 1. The highest BCUT2D eigenvalue weighted by atomic mass is 16.5. The normalized spacial score (nSPS) is 35.4. The summed E-state index contributed by atoms with van der Waals surface area (Å²) in [4.78, 5) is 0. The fourth-order valence-corrected chi connectivity index (χ4v) is 3.70. The predicted molar refractivity (Wildman–Crippen MR) is 73.6 cm³/mol. The molecule has 1 aromatic rings. The summed E-state index contributed by atoms with van der Waals surface area (Å²) < 4.78 is 11.9. The molecule has 3 aliphatic rings. The monoisotopic (exact) mass is 259 g/mol. The molecule has 0 amide bonds. The zero-order valence-corrected chi connectivity index (χ0v) is 11.4. The van der Waals surface area contributed by atoms with Gasteiger partial charge >= 0.3 is 0 Å². The topological polar surface area (TPSA) is 30.5 Å². The molecular formula is C16H21NO2. The molecule has 3 nitrogen and oxygen atoms in total. The van der Waals surface area contributed by atoms with Crippen molar-refractivity contribution in [3.8, 4) is 5.75 Å². The van der Waals surface area contributed by atoms with Gasteiger partial charge in [-0.25, -0.2) is 0 Å². The molecule has 19 heavy (non-hydrogen) atoms. The second kappa shape index (κ2) is 4.50. The van der Waals surface area contributed by atoms with E-state index in [1.54, 1.807) is 0 Å². The fraction of sp³-hybridized carbons (Fsp3) is 0.625. The van der Waals surface area contributed by atoms with Crippen LogP contribution in [0.3, 0.4) is 0 Å². The Morgan fingerprint density at radius 2 is 2.26 bits per heavy atom. The zero-order valence-electron chi connectivity index (χ0n) is 11.4. The minimum absolute atomic E-state index is 0.288. The molecular weight excluding hydrogens is 238 g/mol. The van der Waals surface area contributed by atoms with Gasteiger partial charge in [-0.15, -0.1) is 0 Å². The zero-order chi connectivity index (χ0) is 12.8. The van der Waals surface area contributed by atoms with E-state index >= 15 is 0 Å². The van der Waals surface area contributed by atoms with Gasteiger partial charge in [-0.05, 0) is 37.8 Å². The van der Waals surface area contributed by atoms with Crippen LogP contribution in [0.5, 0.6) is 5.75 Å². The van der Waals surface area contributed by atoms with Crippen molar-refractivity contribution >= 4 is 0 Å². The van der Waals surface area contributed by atoms with E-state index in [1.165, 1.54) is 30.4 Å². The van der Waals surface area contributed by atoms with Crippen molar-refractivity contribution in [2.45, 2.75) is 57.0 Å². The number of nitrogens with one attached hydrogen (secondary N) is 1. The summed E-state index contributed by atoms with van der Waals surface area (Å²) in [7, 11) is 0. The maximum absolute atomic E-state index is 6.00. The van der Waals surface area contributed by atoms with Crippen molar-refractivity contribution in [2.75, 3.05) is 6.54 Å². The van der Waals surface area contributed by atoms with Crippen LogP contribution in [0.4, 0.5) is 0 Å². The fourth-order valence-electron chi connectivity index (χ4n) is 3.70. The van der Waals surface area contributed by atoms with Gasteiger partial charge in [0, 0.05) is 19.0 Å². The average molecular weight is 259 g/mol. The molecule has 2 saturated heterocycles. The van der Waals surface area contributed by atoms with Crippen molar-refractivity contribution in [3.63, 3.8) is 0 Å². The van der Waals surface area contributed by atoms with Crippen molar-refractivity contribution in [2.24, 2.45) is 0 Å². The molecule has 4 unspecified atom stereocenters. The second-order valence-electron chi connectivity index (χ2n) is 6.18. The molecule has 0 spiro atoms. The summed E-state index contributed by atoms with van der Waals surface area (Å²) in [6, 6.07) is 7.02. The summed E-state index contributed by atoms with van der Waals surface area (Å²) in [6.07, 6.45) is 5.97. The van der Waals surface area contributed by atoms with Crippen molar-refractivity contribution in [3.05, 3.63) is 29.3 Å². The van der Waals surface area contributed by atoms with Crippen LogP contribution in [0.25, 0.3) is 0 Å². The highest BCUT2D eigenvalue weighted by Crippen LogP contribution is 2.34. The number of fused-ring (bicyclic) bond motifs is 3. The van der Waals surface area contributed by atoms with Crippen molar-refractivity contribution in [1.82, 2.24) is 5.32 Å². The van der Waals surface area contributed by atoms with E-state index in [4.69, 9.17) is 9.47 Å². The van der Waals surface area contributed by atoms with E-state index < -0.39 is 0 Å². The third kappa shape index (κ3) is 2.15. The Balaban J connectivity index is 1.34. The van der Waals surface area contributed by atoms with Crippen molar-refractivity contribution in [1.29, 1.82) is 0 Å². The molecule has 3 heteroatoms. The van der Waals surface area contributed by atoms with Crippen LogP contribution in [0, 0.1) is 6.92 Å². The van der Waals surface area contributed by atoms with Crippen LogP contribution in [-0.2, 0) is 11.2 Å². The summed E-state index contributed by atoms with van der Waals surface area (Å²) in [5.74, 6) is 1.07. The lowest BCUT2D eigenvalue weighted by molar-refractivity contribution is 0.0958. The lowest BCUT2D eigenvalue weighted by Crippen LogP contribution is -2.42.